The van der Waals surface area contributed by atoms with Crippen LogP contribution in [0.3, 0.4) is 0 Å². The van der Waals surface area contributed by atoms with Crippen LogP contribution in [0, 0.1) is 0 Å². The number of rotatable bonds is 2. The van der Waals surface area contributed by atoms with Gasteiger partial charge in [0, 0.05) is 30.1 Å². The monoisotopic (exact) mass is 175 g/mol. The minimum Gasteiger partial charge on any atom is -0.472 e. The lowest BCUT2D eigenvalue weighted by Gasteiger charge is -2.01. The van der Waals surface area contributed by atoms with Crippen molar-refractivity contribution >= 4 is 0 Å². The highest BCUT2D eigenvalue weighted by molar-refractivity contribution is 5.07. The first-order chi connectivity index (χ1) is 6.34. The third kappa shape index (κ3) is 1.87. The Morgan fingerprint density at radius 3 is 2.62 bits per heavy atom. The number of aromatic nitrogens is 1. The predicted molar refractivity (Wildman–Crippen MR) is 48.5 cm³/mol. The van der Waals surface area contributed by atoms with Gasteiger partial charge in [0.1, 0.15) is 0 Å². The average Bonchev–Trinajstić information content (AvgIpc) is 2.62. The molecule has 3 heteroatoms. The molecule has 2 aromatic heterocycles. The standard InChI is InChI=1S/C10H9NO2/c12-10-1-4-11(5-2-10)7-9-3-6-13-8-9/h1-6,8H,7H2. The largest absolute Gasteiger partial charge is 0.472 e. The van der Waals surface area contributed by atoms with E-state index < -0.39 is 0 Å². The van der Waals surface area contributed by atoms with Crippen LogP contribution in [0.1, 0.15) is 5.56 Å². The maximum Gasteiger partial charge on any atom is 0.181 e. The van der Waals surface area contributed by atoms with Crippen LogP contribution in [0.2, 0.25) is 0 Å². The molecule has 0 spiro atoms. The molecule has 2 rings (SSSR count). The second-order valence-corrected chi connectivity index (χ2v) is 2.84. The van der Waals surface area contributed by atoms with Crippen molar-refractivity contribution in [2.24, 2.45) is 0 Å². The van der Waals surface area contributed by atoms with Crippen molar-refractivity contribution in [2.75, 3.05) is 0 Å². The molecule has 0 unspecified atom stereocenters. The third-order valence-corrected chi connectivity index (χ3v) is 1.81. The van der Waals surface area contributed by atoms with Crippen LogP contribution in [0.25, 0.3) is 0 Å². The van der Waals surface area contributed by atoms with Crippen LogP contribution in [0.4, 0.5) is 0 Å². The minimum atomic E-state index is 0.0310. The lowest BCUT2D eigenvalue weighted by Crippen LogP contribution is -2.03. The van der Waals surface area contributed by atoms with E-state index in [0.29, 0.717) is 0 Å². The van der Waals surface area contributed by atoms with E-state index in [0.717, 1.165) is 12.1 Å². The van der Waals surface area contributed by atoms with Crippen molar-refractivity contribution in [1.29, 1.82) is 0 Å². The Balaban J connectivity index is 2.19. The summed E-state index contributed by atoms with van der Waals surface area (Å²) < 4.78 is 6.86. The van der Waals surface area contributed by atoms with Gasteiger partial charge in [-0.25, -0.2) is 0 Å². The molecule has 0 atom stereocenters. The van der Waals surface area contributed by atoms with Crippen LogP contribution in [-0.4, -0.2) is 4.57 Å². The van der Waals surface area contributed by atoms with Crippen molar-refractivity contribution in [1.82, 2.24) is 4.57 Å². The SMILES string of the molecule is O=c1ccn(Cc2ccoc2)cc1. The number of hydrogen-bond donors (Lipinski definition) is 0. The molecule has 0 aliphatic heterocycles. The highest BCUT2D eigenvalue weighted by Crippen LogP contribution is 2.01. The van der Waals surface area contributed by atoms with E-state index in [1.807, 2.05) is 10.6 Å². The van der Waals surface area contributed by atoms with E-state index in [9.17, 15) is 4.79 Å². The van der Waals surface area contributed by atoms with Gasteiger partial charge in [-0.2, -0.15) is 0 Å². The number of nitrogens with zero attached hydrogens (tertiary/aromatic N) is 1. The molecule has 13 heavy (non-hydrogen) atoms. The second-order valence-electron chi connectivity index (χ2n) is 2.84. The maximum absolute atomic E-state index is 10.8. The lowest BCUT2D eigenvalue weighted by atomic mass is 10.3. The second kappa shape index (κ2) is 3.31. The molecule has 0 bridgehead atoms. The van der Waals surface area contributed by atoms with Crippen molar-refractivity contribution in [3.05, 3.63) is 58.9 Å². The molecular weight excluding hydrogens is 166 g/mol. The van der Waals surface area contributed by atoms with Gasteiger partial charge in [0.2, 0.25) is 0 Å². The van der Waals surface area contributed by atoms with Crippen molar-refractivity contribution in [3.8, 4) is 0 Å². The summed E-state index contributed by atoms with van der Waals surface area (Å²) in [4.78, 5) is 10.8. The first-order valence-electron chi connectivity index (χ1n) is 4.02. The Morgan fingerprint density at radius 1 is 1.23 bits per heavy atom. The Bertz CT molecular complexity index is 408. The number of furan rings is 1. The average molecular weight is 175 g/mol. The molecule has 0 amide bonds. The summed E-state index contributed by atoms with van der Waals surface area (Å²) in [5.74, 6) is 0. The summed E-state index contributed by atoms with van der Waals surface area (Å²) in [5, 5.41) is 0. The number of hydrogen-bond acceptors (Lipinski definition) is 2. The normalized spacial score (nSPS) is 10.2. The Hall–Kier alpha value is -1.77. The van der Waals surface area contributed by atoms with E-state index in [2.05, 4.69) is 0 Å². The zero-order valence-electron chi connectivity index (χ0n) is 7.01. The molecule has 0 aromatic carbocycles. The summed E-state index contributed by atoms with van der Waals surface area (Å²) >= 11 is 0. The summed E-state index contributed by atoms with van der Waals surface area (Å²) in [7, 11) is 0. The zero-order chi connectivity index (χ0) is 9.10. The molecule has 2 aromatic rings. The van der Waals surface area contributed by atoms with Gasteiger partial charge in [0.25, 0.3) is 0 Å². The van der Waals surface area contributed by atoms with Crippen LogP contribution in [0.15, 0.2) is 52.3 Å². The number of pyridine rings is 1. The highest BCUT2D eigenvalue weighted by atomic mass is 16.3. The Kier molecular flexibility index (Phi) is 2.00. The molecule has 0 aliphatic carbocycles. The third-order valence-electron chi connectivity index (χ3n) is 1.81. The Labute approximate surface area is 75.2 Å². The lowest BCUT2D eigenvalue weighted by molar-refractivity contribution is 0.562. The van der Waals surface area contributed by atoms with Crippen LogP contribution in [0.5, 0.6) is 0 Å². The van der Waals surface area contributed by atoms with Crippen molar-refractivity contribution in [2.45, 2.75) is 6.54 Å². The fraction of sp³-hybridized carbons (Fsp3) is 0.100. The van der Waals surface area contributed by atoms with E-state index in [1.165, 1.54) is 0 Å². The molecule has 0 N–H and O–H groups in total. The zero-order valence-corrected chi connectivity index (χ0v) is 7.01. The van der Waals surface area contributed by atoms with Crippen LogP contribution in [-0.2, 0) is 6.54 Å². The van der Waals surface area contributed by atoms with E-state index in [4.69, 9.17) is 4.42 Å². The minimum absolute atomic E-state index is 0.0310. The molecule has 3 nitrogen and oxygen atoms in total. The highest BCUT2D eigenvalue weighted by Gasteiger charge is 1.93. The van der Waals surface area contributed by atoms with E-state index in [-0.39, 0.29) is 5.43 Å². The quantitative estimate of drug-likeness (QED) is 0.693. The summed E-state index contributed by atoms with van der Waals surface area (Å²) in [6, 6.07) is 4.98. The maximum atomic E-state index is 10.8. The van der Waals surface area contributed by atoms with Gasteiger partial charge in [-0.3, -0.25) is 4.79 Å². The molecule has 0 fully saturated rings. The fourth-order valence-electron chi connectivity index (χ4n) is 1.14. The molecule has 0 aliphatic rings. The van der Waals surface area contributed by atoms with Gasteiger partial charge in [-0.05, 0) is 6.07 Å². The summed E-state index contributed by atoms with van der Waals surface area (Å²) in [5.41, 5.74) is 1.12. The van der Waals surface area contributed by atoms with Gasteiger partial charge >= 0.3 is 0 Å². The van der Waals surface area contributed by atoms with Crippen LogP contribution >= 0.6 is 0 Å². The molecule has 2 heterocycles. The Morgan fingerprint density at radius 2 is 2.00 bits per heavy atom. The summed E-state index contributed by atoms with van der Waals surface area (Å²) in [6.45, 7) is 0.733. The van der Waals surface area contributed by atoms with Crippen molar-refractivity contribution < 1.29 is 4.42 Å². The van der Waals surface area contributed by atoms with E-state index in [1.54, 1.807) is 37.1 Å². The molecular formula is C10H9NO2. The molecule has 0 saturated heterocycles. The van der Waals surface area contributed by atoms with Gasteiger partial charge in [0.05, 0.1) is 19.1 Å². The van der Waals surface area contributed by atoms with Gasteiger partial charge in [0.15, 0.2) is 5.43 Å². The summed E-state index contributed by atoms with van der Waals surface area (Å²) in [6.07, 6.45) is 6.85. The van der Waals surface area contributed by atoms with Gasteiger partial charge in [-0.15, -0.1) is 0 Å². The topological polar surface area (TPSA) is 35.1 Å². The van der Waals surface area contributed by atoms with Crippen LogP contribution < -0.4 is 5.43 Å². The predicted octanol–water partition coefficient (Wildman–Crippen LogP) is 1.49. The smallest absolute Gasteiger partial charge is 0.181 e. The first kappa shape index (κ1) is 7.86. The first-order valence-corrected chi connectivity index (χ1v) is 4.02. The molecule has 0 radical (unpaired) electrons. The van der Waals surface area contributed by atoms with Gasteiger partial charge < -0.3 is 8.98 Å². The van der Waals surface area contributed by atoms with Crippen molar-refractivity contribution in [3.63, 3.8) is 0 Å². The molecule has 0 saturated carbocycles. The molecule has 66 valence electrons. The van der Waals surface area contributed by atoms with Gasteiger partial charge in [-0.1, -0.05) is 0 Å². The fourth-order valence-corrected chi connectivity index (χ4v) is 1.14. The van der Waals surface area contributed by atoms with E-state index >= 15 is 0 Å².